The molecule has 1 aliphatic heterocycles. The number of aromatic nitrogens is 4. The molecule has 1 aliphatic rings. The van der Waals surface area contributed by atoms with Gasteiger partial charge in [0.25, 0.3) is 0 Å². The van der Waals surface area contributed by atoms with E-state index in [1.165, 1.54) is 11.7 Å². The van der Waals surface area contributed by atoms with Crippen LogP contribution in [0.1, 0.15) is 5.69 Å². The molecule has 0 bridgehead atoms. The highest BCUT2D eigenvalue weighted by Gasteiger charge is 2.27. The van der Waals surface area contributed by atoms with Gasteiger partial charge in [0.15, 0.2) is 11.6 Å². The molecule has 0 spiro atoms. The number of nitrogens with zero attached hydrogens (tertiary/aromatic N) is 5. The first kappa shape index (κ1) is 11.3. The van der Waals surface area contributed by atoms with Gasteiger partial charge < -0.3 is 10.2 Å². The van der Waals surface area contributed by atoms with Gasteiger partial charge in [0.2, 0.25) is 0 Å². The van der Waals surface area contributed by atoms with E-state index < -0.39 is 0 Å². The fourth-order valence-corrected chi connectivity index (χ4v) is 2.33. The molecule has 94 valence electrons. The Morgan fingerprint density at radius 2 is 2.28 bits per heavy atom. The van der Waals surface area contributed by atoms with Crippen molar-refractivity contribution in [1.82, 2.24) is 18.9 Å². The van der Waals surface area contributed by atoms with Crippen molar-refractivity contribution < 1.29 is 0 Å². The molecule has 0 radical (unpaired) electrons. The van der Waals surface area contributed by atoms with Crippen molar-refractivity contribution in [1.29, 1.82) is 0 Å². The van der Waals surface area contributed by atoms with E-state index in [-0.39, 0.29) is 0 Å². The number of aryl methyl sites for hydroxylation is 1. The zero-order valence-corrected chi connectivity index (χ0v) is 10.9. The molecule has 7 heteroatoms. The van der Waals surface area contributed by atoms with E-state index >= 15 is 0 Å². The molecule has 0 atom stereocenters. The molecule has 0 aromatic carbocycles. The molecule has 2 aromatic rings. The zero-order chi connectivity index (χ0) is 12.4. The van der Waals surface area contributed by atoms with Crippen molar-refractivity contribution >= 4 is 23.4 Å². The quantitative estimate of drug-likeness (QED) is 0.892. The minimum Gasteiger partial charge on any atom is -0.367 e. The molecule has 18 heavy (non-hydrogen) atoms. The number of hydrogen-bond donors (Lipinski definition) is 1. The molecule has 3 rings (SSSR count). The monoisotopic (exact) mass is 262 g/mol. The van der Waals surface area contributed by atoms with E-state index in [2.05, 4.69) is 29.2 Å². The summed E-state index contributed by atoms with van der Waals surface area (Å²) in [6.07, 6.45) is 1.76. The number of anilines is 2. The van der Waals surface area contributed by atoms with E-state index in [0.29, 0.717) is 5.92 Å². The summed E-state index contributed by atoms with van der Waals surface area (Å²) in [5, 5.41) is 11.5. The Hall–Kier alpha value is -1.76. The first-order valence-electron chi connectivity index (χ1n) is 5.88. The molecule has 1 saturated heterocycles. The van der Waals surface area contributed by atoms with Gasteiger partial charge in [-0.1, -0.05) is 0 Å². The van der Waals surface area contributed by atoms with Gasteiger partial charge in [-0.25, -0.2) is 0 Å². The van der Waals surface area contributed by atoms with E-state index in [1.54, 1.807) is 6.20 Å². The van der Waals surface area contributed by atoms with Crippen LogP contribution in [0.15, 0.2) is 18.3 Å². The number of hydrogen-bond acceptors (Lipinski definition) is 7. The molecular formula is C11H14N6S. The van der Waals surface area contributed by atoms with E-state index in [1.807, 2.05) is 19.1 Å². The van der Waals surface area contributed by atoms with Crippen LogP contribution in [0, 0.1) is 12.8 Å². The molecule has 1 N–H and O–H groups in total. The van der Waals surface area contributed by atoms with Crippen molar-refractivity contribution in [3.8, 4) is 0 Å². The van der Waals surface area contributed by atoms with Crippen LogP contribution in [0.3, 0.4) is 0 Å². The third kappa shape index (κ3) is 2.40. The minimum atomic E-state index is 0.634. The molecule has 0 aliphatic carbocycles. The second-order valence-electron chi connectivity index (χ2n) is 4.48. The number of nitrogens with one attached hydrogen (secondary N) is 1. The Labute approximate surface area is 109 Å². The van der Waals surface area contributed by atoms with Crippen molar-refractivity contribution in [2.24, 2.45) is 5.92 Å². The van der Waals surface area contributed by atoms with E-state index in [4.69, 9.17) is 0 Å². The predicted octanol–water partition coefficient (Wildman–Crippen LogP) is 1.18. The molecule has 2 aromatic heterocycles. The maximum Gasteiger partial charge on any atom is 0.160 e. The fraction of sp³-hybridized carbons (Fsp3) is 0.455. The van der Waals surface area contributed by atoms with Crippen LogP contribution in [-0.4, -0.2) is 38.6 Å². The van der Waals surface area contributed by atoms with Crippen LogP contribution in [-0.2, 0) is 0 Å². The van der Waals surface area contributed by atoms with E-state index in [9.17, 15) is 0 Å². The lowest BCUT2D eigenvalue weighted by Gasteiger charge is -2.39. The average molecular weight is 262 g/mol. The lowest BCUT2D eigenvalue weighted by atomic mass is 10.0. The van der Waals surface area contributed by atoms with Gasteiger partial charge in [0.05, 0.1) is 23.6 Å². The summed E-state index contributed by atoms with van der Waals surface area (Å²) in [5.74, 6) is 2.47. The van der Waals surface area contributed by atoms with Gasteiger partial charge in [-0.3, -0.25) is 0 Å². The normalized spacial score (nSPS) is 15.5. The first-order valence-corrected chi connectivity index (χ1v) is 6.61. The predicted molar refractivity (Wildman–Crippen MR) is 70.9 cm³/mol. The Morgan fingerprint density at radius 3 is 2.94 bits per heavy atom. The van der Waals surface area contributed by atoms with Crippen molar-refractivity contribution in [2.75, 3.05) is 29.9 Å². The van der Waals surface area contributed by atoms with Crippen LogP contribution in [0.25, 0.3) is 0 Å². The first-order chi connectivity index (χ1) is 8.81. The average Bonchev–Trinajstić information content (AvgIpc) is 2.82. The van der Waals surface area contributed by atoms with Crippen molar-refractivity contribution in [3.63, 3.8) is 0 Å². The van der Waals surface area contributed by atoms with E-state index in [0.717, 1.165) is 37.0 Å². The Balaban J connectivity index is 1.47. The number of rotatable bonds is 4. The molecular weight excluding hydrogens is 248 g/mol. The second-order valence-corrected chi connectivity index (χ2v) is 5.03. The summed E-state index contributed by atoms with van der Waals surface area (Å²) in [6.45, 7) is 4.91. The molecule has 1 fully saturated rings. The van der Waals surface area contributed by atoms with Gasteiger partial charge in [0, 0.05) is 25.6 Å². The zero-order valence-electron chi connectivity index (χ0n) is 10.1. The Kier molecular flexibility index (Phi) is 3.06. The Morgan fingerprint density at radius 1 is 1.39 bits per heavy atom. The lowest BCUT2D eigenvalue weighted by Crippen LogP contribution is -2.50. The van der Waals surface area contributed by atoms with Gasteiger partial charge in [-0.05, 0) is 19.1 Å². The molecule has 0 amide bonds. The summed E-state index contributed by atoms with van der Waals surface area (Å²) >= 11 is 1.22. The molecule has 6 nitrogen and oxygen atoms in total. The van der Waals surface area contributed by atoms with Gasteiger partial charge in [0.1, 0.15) is 0 Å². The maximum absolute atomic E-state index is 4.18. The molecule has 0 unspecified atom stereocenters. The Bertz CT molecular complexity index is 491. The summed E-state index contributed by atoms with van der Waals surface area (Å²) in [7, 11) is 0. The topological polar surface area (TPSA) is 66.8 Å². The fourth-order valence-electron chi connectivity index (χ4n) is 1.94. The smallest absolute Gasteiger partial charge is 0.160 e. The van der Waals surface area contributed by atoms with Gasteiger partial charge in [-0.2, -0.15) is 13.8 Å². The highest BCUT2D eigenvalue weighted by atomic mass is 32.1. The van der Waals surface area contributed by atoms with Crippen LogP contribution in [0.4, 0.5) is 11.6 Å². The van der Waals surface area contributed by atoms with Crippen LogP contribution >= 0.6 is 11.7 Å². The SMILES string of the molecule is Cc1ccc(N2CC(CNc3cnsn3)C2)nn1. The van der Waals surface area contributed by atoms with Crippen LogP contribution in [0.5, 0.6) is 0 Å². The third-order valence-corrected chi connectivity index (χ3v) is 3.48. The highest BCUT2D eigenvalue weighted by molar-refractivity contribution is 6.99. The summed E-state index contributed by atoms with van der Waals surface area (Å²) in [6, 6.07) is 4.02. The highest BCUT2D eigenvalue weighted by Crippen LogP contribution is 2.22. The summed E-state index contributed by atoms with van der Waals surface area (Å²) in [5.41, 5.74) is 0.952. The largest absolute Gasteiger partial charge is 0.367 e. The second kappa shape index (κ2) is 4.85. The van der Waals surface area contributed by atoms with Crippen LogP contribution in [0.2, 0.25) is 0 Å². The third-order valence-electron chi connectivity index (χ3n) is 3.00. The van der Waals surface area contributed by atoms with Gasteiger partial charge in [-0.15, -0.1) is 5.10 Å². The van der Waals surface area contributed by atoms with Gasteiger partial charge >= 0.3 is 0 Å². The maximum atomic E-state index is 4.18. The lowest BCUT2D eigenvalue weighted by molar-refractivity contribution is 0.425. The van der Waals surface area contributed by atoms with Crippen molar-refractivity contribution in [2.45, 2.75) is 6.92 Å². The van der Waals surface area contributed by atoms with Crippen LogP contribution < -0.4 is 10.2 Å². The standard InChI is InChI=1S/C11H14N6S/c1-8-2-3-11(15-14-8)17-6-9(7-17)4-12-10-5-13-18-16-10/h2-3,5,9H,4,6-7H2,1H3,(H,12,16). The summed E-state index contributed by atoms with van der Waals surface area (Å²) in [4.78, 5) is 2.23. The summed E-state index contributed by atoms with van der Waals surface area (Å²) < 4.78 is 8.07. The van der Waals surface area contributed by atoms with Crippen molar-refractivity contribution in [3.05, 3.63) is 24.0 Å². The minimum absolute atomic E-state index is 0.634. The molecule has 3 heterocycles. The molecule has 0 saturated carbocycles.